The number of fused-ring (bicyclic) bond motifs is 1. The number of anilines is 1. The van der Waals surface area contributed by atoms with E-state index in [-0.39, 0.29) is 30.1 Å². The number of nitrogens with one attached hydrogen (secondary N) is 1. The fourth-order valence-corrected chi connectivity index (χ4v) is 3.03. The molecule has 22 heavy (non-hydrogen) atoms. The monoisotopic (exact) mass is 395 g/mol. The molecule has 0 spiro atoms. The van der Waals surface area contributed by atoms with E-state index in [9.17, 15) is 9.90 Å². The van der Waals surface area contributed by atoms with Crippen LogP contribution in [0.2, 0.25) is 0 Å². The maximum absolute atomic E-state index is 11.7. The van der Waals surface area contributed by atoms with E-state index in [1.54, 1.807) is 4.57 Å². The van der Waals surface area contributed by atoms with Gasteiger partial charge in [0.2, 0.25) is 0 Å². The number of hydrogen-bond donors (Lipinski definition) is 4. The van der Waals surface area contributed by atoms with Crippen LogP contribution in [0.15, 0.2) is 11.1 Å². The van der Waals surface area contributed by atoms with Crippen LogP contribution in [0.3, 0.4) is 0 Å². The molecule has 0 aromatic carbocycles. The molecule has 3 rings (SSSR count). The van der Waals surface area contributed by atoms with Crippen LogP contribution >= 0.6 is 7.07 Å². The van der Waals surface area contributed by atoms with Crippen molar-refractivity contribution in [2.24, 2.45) is 0 Å². The Hall–Kier alpha value is -1.06. The predicted octanol–water partition coefficient (Wildman–Crippen LogP) is -1.51. The van der Waals surface area contributed by atoms with Gasteiger partial charge in [-0.15, -0.1) is 0 Å². The van der Waals surface area contributed by atoms with Crippen molar-refractivity contribution < 1.29 is 19.3 Å². The van der Waals surface area contributed by atoms with Crippen LogP contribution in [-0.4, -0.2) is 63.9 Å². The van der Waals surface area contributed by atoms with Crippen molar-refractivity contribution in [2.75, 3.05) is 12.3 Å². The second-order valence-corrected chi connectivity index (χ2v) is 7.67. The molecule has 1 aliphatic heterocycles. The molecule has 1 fully saturated rings. The van der Waals surface area contributed by atoms with Gasteiger partial charge in [-0.3, -0.25) is 0 Å². The van der Waals surface area contributed by atoms with Gasteiger partial charge in [-0.2, -0.15) is 0 Å². The van der Waals surface area contributed by atoms with Crippen LogP contribution in [0.4, 0.5) is 5.95 Å². The summed E-state index contributed by atoms with van der Waals surface area (Å²) in [7, 11) is -1.58. The third-order valence-electron chi connectivity index (χ3n) is 3.32. The molecular formula is C10H14N5O5PSe. The number of imidazole rings is 1. The van der Waals surface area contributed by atoms with E-state index in [1.165, 1.54) is 6.33 Å². The summed E-state index contributed by atoms with van der Waals surface area (Å²) in [5, 5.41) is 10.0. The fraction of sp³-hybridized carbons (Fsp3) is 0.500. The first kappa shape index (κ1) is 15.8. The zero-order chi connectivity index (χ0) is 15.9. The predicted molar refractivity (Wildman–Crippen MR) is 79.3 cm³/mol. The van der Waals surface area contributed by atoms with E-state index in [0.29, 0.717) is 0 Å². The number of ether oxygens (including phenoxy) is 1. The number of nitrogens with two attached hydrogens (primary N) is 1. The van der Waals surface area contributed by atoms with Crippen molar-refractivity contribution in [3.8, 4) is 0 Å². The number of H-pyrrole nitrogens is 1. The van der Waals surface area contributed by atoms with Crippen LogP contribution in [0, 0.1) is 0 Å². The maximum atomic E-state index is 11.7. The Labute approximate surface area is 133 Å². The van der Waals surface area contributed by atoms with Gasteiger partial charge in [0.05, 0.1) is 0 Å². The number of nitrogens with zero attached hydrogens (tertiary/aromatic N) is 3. The number of rotatable bonds is 4. The van der Waals surface area contributed by atoms with Gasteiger partial charge >= 0.3 is 132 Å². The van der Waals surface area contributed by atoms with Gasteiger partial charge in [0, 0.05) is 0 Å². The van der Waals surface area contributed by atoms with Crippen LogP contribution in [0.1, 0.15) is 12.6 Å². The molecule has 0 unspecified atom stereocenters. The zero-order valence-corrected chi connectivity index (χ0v) is 13.9. The zero-order valence-electron chi connectivity index (χ0n) is 11.2. The number of hydrogen-bond acceptors (Lipinski definition) is 8. The standard InChI is InChI=1S/C10H14N5O5PSe/c11-10-13-8-7(9(17)14-10)12-3-15(8)6-1-4(16)5(20-6)2-19-21(18)22/h3-6,16,18,22H,1-2H2,(H3,11,13,14,17)/t4-,5+,6+,21+/m0/s1. The minimum atomic E-state index is -1.58. The van der Waals surface area contributed by atoms with Crippen molar-refractivity contribution >= 4 is 39.7 Å². The van der Waals surface area contributed by atoms with E-state index in [4.69, 9.17) is 19.9 Å². The molecule has 1 aliphatic rings. The van der Waals surface area contributed by atoms with Gasteiger partial charge in [-0.25, -0.2) is 0 Å². The fourth-order valence-electron chi connectivity index (χ4n) is 2.33. The van der Waals surface area contributed by atoms with Crippen LogP contribution in [0.5, 0.6) is 0 Å². The van der Waals surface area contributed by atoms with Gasteiger partial charge in [0.15, 0.2) is 0 Å². The number of aromatic amines is 1. The number of aromatic nitrogens is 4. The number of aliphatic hydroxyl groups excluding tert-OH is 1. The molecular weight excluding hydrogens is 380 g/mol. The second-order valence-electron chi connectivity index (χ2n) is 4.76. The van der Waals surface area contributed by atoms with Crippen LogP contribution in [0.25, 0.3) is 11.2 Å². The molecule has 5 N–H and O–H groups in total. The average molecular weight is 394 g/mol. The summed E-state index contributed by atoms with van der Waals surface area (Å²) in [6.07, 6.45) is -0.177. The molecule has 120 valence electrons. The van der Waals surface area contributed by atoms with Gasteiger partial charge < -0.3 is 0 Å². The summed E-state index contributed by atoms with van der Waals surface area (Å²) >= 11 is 1.99. The van der Waals surface area contributed by atoms with E-state index >= 15 is 0 Å². The minimum absolute atomic E-state index is 0.0210. The van der Waals surface area contributed by atoms with Crippen molar-refractivity contribution in [3.63, 3.8) is 0 Å². The summed E-state index contributed by atoms with van der Waals surface area (Å²) in [6.45, 7) is 0.0669. The topological polar surface area (TPSA) is 149 Å². The third kappa shape index (κ3) is 3.02. The second kappa shape index (κ2) is 6.21. The Morgan fingerprint density at radius 2 is 2.45 bits per heavy atom. The molecule has 4 atom stereocenters. The Morgan fingerprint density at radius 3 is 3.18 bits per heavy atom. The number of nitrogen functional groups attached to an aromatic ring is 1. The molecule has 0 aliphatic carbocycles. The van der Waals surface area contributed by atoms with Crippen molar-refractivity contribution in [2.45, 2.75) is 24.9 Å². The Bertz CT molecular complexity index is 736. The molecule has 2 aromatic rings. The molecule has 0 radical (unpaired) electrons. The molecule has 0 amide bonds. The van der Waals surface area contributed by atoms with Crippen LogP contribution in [-0.2, 0) is 9.26 Å². The van der Waals surface area contributed by atoms with E-state index < -0.39 is 31.1 Å². The summed E-state index contributed by atoms with van der Waals surface area (Å²) in [4.78, 5) is 31.3. The van der Waals surface area contributed by atoms with E-state index in [2.05, 4.69) is 15.0 Å². The normalized spacial score (nSPS) is 26.6. The molecule has 1 saturated heterocycles. The molecule has 0 saturated carbocycles. The van der Waals surface area contributed by atoms with E-state index in [0.717, 1.165) is 0 Å². The van der Waals surface area contributed by atoms with Gasteiger partial charge in [-0.05, 0) is 0 Å². The van der Waals surface area contributed by atoms with Gasteiger partial charge in [0.25, 0.3) is 0 Å². The number of aliphatic hydroxyl groups is 1. The third-order valence-corrected chi connectivity index (χ3v) is 4.43. The Balaban J connectivity index is 1.85. The van der Waals surface area contributed by atoms with Crippen molar-refractivity contribution in [1.29, 1.82) is 0 Å². The first-order valence-corrected chi connectivity index (χ1v) is 10.0. The Kier molecular flexibility index (Phi) is 4.47. The van der Waals surface area contributed by atoms with E-state index in [1.807, 2.05) is 15.6 Å². The van der Waals surface area contributed by atoms with Crippen molar-refractivity contribution in [1.82, 2.24) is 19.5 Å². The first-order valence-electron chi connectivity index (χ1n) is 6.32. The van der Waals surface area contributed by atoms with Gasteiger partial charge in [-0.1, -0.05) is 0 Å². The molecule has 3 heterocycles. The quantitative estimate of drug-likeness (QED) is 0.361. The Morgan fingerprint density at radius 1 is 1.68 bits per heavy atom. The average Bonchev–Trinajstić information content (AvgIpc) is 3.00. The molecule has 12 heteroatoms. The van der Waals surface area contributed by atoms with Gasteiger partial charge in [0.1, 0.15) is 0 Å². The molecule has 2 aromatic heterocycles. The van der Waals surface area contributed by atoms with Crippen molar-refractivity contribution in [3.05, 3.63) is 16.7 Å². The summed E-state index contributed by atoms with van der Waals surface area (Å²) in [5.41, 5.74) is 5.54. The molecule has 0 bridgehead atoms. The first-order chi connectivity index (χ1) is 10.5. The van der Waals surface area contributed by atoms with Crippen LogP contribution < -0.4 is 11.3 Å². The molecule has 10 nitrogen and oxygen atoms in total. The summed E-state index contributed by atoms with van der Waals surface area (Å²) < 4.78 is 12.3. The SMILES string of the molecule is Nc1nc2c(ncn2[C@H]2C[C@H](O)[C@@H](CO[P@@](O)[SeH])O2)c(=O)[nH]1. The summed E-state index contributed by atoms with van der Waals surface area (Å²) in [5.74, 6) is -0.0210. The summed E-state index contributed by atoms with van der Waals surface area (Å²) in [6, 6.07) is 0.